The normalized spacial score (nSPS) is 10.5. The first-order valence-electron chi connectivity index (χ1n) is 5.89. The fourth-order valence-corrected chi connectivity index (χ4v) is 1.72. The number of nitrogens with zero attached hydrogens (tertiary/aromatic N) is 1. The van der Waals surface area contributed by atoms with Crippen LogP contribution in [0.15, 0.2) is 18.2 Å². The molecule has 5 heteroatoms. The smallest absolute Gasteiger partial charge is 0.251 e. The van der Waals surface area contributed by atoms with Crippen molar-refractivity contribution in [3.05, 3.63) is 29.3 Å². The monoisotopic (exact) mass is 268 g/mol. The quantitative estimate of drug-likeness (QED) is 0.826. The first kappa shape index (κ1) is 15.4. The van der Waals surface area contributed by atoms with Crippen LogP contribution in [0.25, 0.3) is 0 Å². The molecule has 1 rings (SSSR count). The van der Waals surface area contributed by atoms with Crippen LogP contribution in [0.1, 0.15) is 11.1 Å². The molecule has 0 aromatic heterocycles. The summed E-state index contributed by atoms with van der Waals surface area (Å²) in [6.07, 6.45) is -2.35. The van der Waals surface area contributed by atoms with Crippen LogP contribution in [-0.2, 0) is 6.54 Å². The number of alkyl halides is 2. The highest BCUT2D eigenvalue weighted by atomic mass is 19.3. The molecule has 0 bridgehead atoms. The Balaban J connectivity index is 2.89. The van der Waals surface area contributed by atoms with E-state index in [2.05, 4.69) is 11.8 Å². The summed E-state index contributed by atoms with van der Waals surface area (Å²) in [5.41, 5.74) is 6.94. The van der Waals surface area contributed by atoms with Gasteiger partial charge in [-0.15, -0.1) is 0 Å². The molecule has 0 spiro atoms. The summed E-state index contributed by atoms with van der Waals surface area (Å²) in [5, 5.41) is 0. The maximum Gasteiger partial charge on any atom is 0.251 e. The third kappa shape index (κ3) is 5.25. The molecule has 0 fully saturated rings. The molecule has 0 aliphatic rings. The highest BCUT2D eigenvalue weighted by Gasteiger charge is 2.11. The molecular formula is C14H18F2N2O. The zero-order valence-electron chi connectivity index (χ0n) is 11.1. The van der Waals surface area contributed by atoms with E-state index in [0.29, 0.717) is 12.3 Å². The van der Waals surface area contributed by atoms with E-state index in [9.17, 15) is 8.78 Å². The fourth-order valence-electron chi connectivity index (χ4n) is 1.72. The Labute approximate surface area is 112 Å². The second-order valence-electron chi connectivity index (χ2n) is 4.12. The van der Waals surface area contributed by atoms with Crippen molar-refractivity contribution >= 4 is 0 Å². The molecule has 0 aliphatic carbocycles. The third-order valence-electron chi connectivity index (χ3n) is 2.51. The number of rotatable bonds is 5. The van der Waals surface area contributed by atoms with Gasteiger partial charge in [0.1, 0.15) is 5.75 Å². The molecule has 19 heavy (non-hydrogen) atoms. The van der Waals surface area contributed by atoms with Gasteiger partial charge >= 0.3 is 0 Å². The van der Waals surface area contributed by atoms with Crippen molar-refractivity contribution < 1.29 is 13.5 Å². The second kappa shape index (κ2) is 7.72. The van der Waals surface area contributed by atoms with Crippen molar-refractivity contribution in [2.75, 3.05) is 27.2 Å². The number of hydrogen-bond donors (Lipinski definition) is 1. The van der Waals surface area contributed by atoms with Gasteiger partial charge in [0.05, 0.1) is 20.2 Å². The molecule has 0 heterocycles. The SMILES string of the molecule is COc1ccc(C#CCN)cc1CN(C)CC(F)F. The topological polar surface area (TPSA) is 38.5 Å². The predicted molar refractivity (Wildman–Crippen MR) is 71.3 cm³/mol. The molecule has 0 radical (unpaired) electrons. The van der Waals surface area contributed by atoms with Crippen molar-refractivity contribution in [2.45, 2.75) is 13.0 Å². The van der Waals surface area contributed by atoms with Crippen molar-refractivity contribution in [1.29, 1.82) is 0 Å². The van der Waals surface area contributed by atoms with Gasteiger partial charge in [-0.3, -0.25) is 4.90 Å². The highest BCUT2D eigenvalue weighted by molar-refractivity contribution is 5.44. The molecule has 104 valence electrons. The number of methoxy groups -OCH3 is 1. The molecule has 0 atom stereocenters. The lowest BCUT2D eigenvalue weighted by Crippen LogP contribution is -2.24. The number of hydrogen-bond acceptors (Lipinski definition) is 3. The maximum atomic E-state index is 12.3. The zero-order valence-corrected chi connectivity index (χ0v) is 11.1. The van der Waals surface area contributed by atoms with Crippen LogP contribution in [0, 0.1) is 11.8 Å². The Morgan fingerprint density at radius 1 is 1.42 bits per heavy atom. The van der Waals surface area contributed by atoms with E-state index in [1.54, 1.807) is 25.1 Å². The lowest BCUT2D eigenvalue weighted by Gasteiger charge is -2.18. The number of nitrogens with two attached hydrogens (primary N) is 1. The van der Waals surface area contributed by atoms with Gasteiger partial charge in [0.25, 0.3) is 6.43 Å². The summed E-state index contributed by atoms with van der Waals surface area (Å²) in [4.78, 5) is 1.54. The lowest BCUT2D eigenvalue weighted by molar-refractivity contribution is 0.0972. The van der Waals surface area contributed by atoms with Crippen molar-refractivity contribution in [3.63, 3.8) is 0 Å². The van der Waals surface area contributed by atoms with Gasteiger partial charge in [0.15, 0.2) is 0 Å². The van der Waals surface area contributed by atoms with Crippen molar-refractivity contribution in [2.24, 2.45) is 5.73 Å². The molecule has 0 saturated carbocycles. The average Bonchev–Trinajstić information content (AvgIpc) is 2.35. The minimum absolute atomic E-state index is 0.276. The van der Waals surface area contributed by atoms with Crippen LogP contribution in [0.3, 0.4) is 0 Å². The number of benzene rings is 1. The van der Waals surface area contributed by atoms with E-state index >= 15 is 0 Å². The fraction of sp³-hybridized carbons (Fsp3) is 0.429. The Kier molecular flexibility index (Phi) is 6.26. The van der Waals surface area contributed by atoms with Crippen molar-refractivity contribution in [3.8, 4) is 17.6 Å². The first-order chi connectivity index (χ1) is 9.06. The Hall–Kier alpha value is -1.64. The third-order valence-corrected chi connectivity index (χ3v) is 2.51. The maximum absolute atomic E-state index is 12.3. The van der Waals surface area contributed by atoms with E-state index in [0.717, 1.165) is 11.1 Å². The van der Waals surface area contributed by atoms with Gasteiger partial charge in [0.2, 0.25) is 0 Å². The van der Waals surface area contributed by atoms with E-state index in [4.69, 9.17) is 10.5 Å². The molecule has 1 aromatic rings. The lowest BCUT2D eigenvalue weighted by atomic mass is 10.1. The van der Waals surface area contributed by atoms with Gasteiger partial charge in [-0.2, -0.15) is 0 Å². The summed E-state index contributed by atoms with van der Waals surface area (Å²) in [5.74, 6) is 6.34. The molecule has 0 saturated heterocycles. The summed E-state index contributed by atoms with van der Waals surface area (Å²) >= 11 is 0. The summed E-state index contributed by atoms with van der Waals surface area (Å²) in [7, 11) is 3.20. The molecule has 0 aliphatic heterocycles. The Morgan fingerprint density at radius 2 is 2.16 bits per heavy atom. The molecule has 0 unspecified atom stereocenters. The summed E-state index contributed by atoms with van der Waals surface area (Å²) in [6, 6.07) is 5.44. The average molecular weight is 268 g/mol. The molecule has 2 N–H and O–H groups in total. The molecule has 3 nitrogen and oxygen atoms in total. The minimum Gasteiger partial charge on any atom is -0.496 e. The minimum atomic E-state index is -2.35. The van der Waals surface area contributed by atoms with Gasteiger partial charge in [-0.1, -0.05) is 11.8 Å². The first-order valence-corrected chi connectivity index (χ1v) is 5.89. The van der Waals surface area contributed by atoms with E-state index < -0.39 is 6.43 Å². The predicted octanol–water partition coefficient (Wildman–Crippen LogP) is 1.70. The van der Waals surface area contributed by atoms with Gasteiger partial charge in [-0.25, -0.2) is 8.78 Å². The Morgan fingerprint density at radius 3 is 2.74 bits per heavy atom. The zero-order chi connectivity index (χ0) is 14.3. The van der Waals surface area contributed by atoms with Crippen molar-refractivity contribution in [1.82, 2.24) is 4.90 Å². The van der Waals surface area contributed by atoms with Crippen LogP contribution in [0.5, 0.6) is 5.75 Å². The highest BCUT2D eigenvalue weighted by Crippen LogP contribution is 2.21. The summed E-state index contributed by atoms with van der Waals surface area (Å²) < 4.78 is 29.8. The van der Waals surface area contributed by atoms with E-state index in [-0.39, 0.29) is 13.1 Å². The number of ether oxygens (including phenoxy) is 1. The van der Waals surface area contributed by atoms with Gasteiger partial charge < -0.3 is 10.5 Å². The van der Waals surface area contributed by atoms with Crippen LogP contribution >= 0.6 is 0 Å². The standard InChI is InChI=1S/C14H18F2N2O/c1-18(10-14(15)16)9-12-8-11(4-3-7-17)5-6-13(12)19-2/h5-6,8,14H,7,9-10,17H2,1-2H3. The Bertz CT molecular complexity index is 466. The van der Waals surface area contributed by atoms with Gasteiger partial charge in [-0.05, 0) is 25.2 Å². The van der Waals surface area contributed by atoms with Crippen LogP contribution in [-0.4, -0.2) is 38.6 Å². The number of halogens is 2. The van der Waals surface area contributed by atoms with E-state index in [1.807, 2.05) is 12.1 Å². The molecular weight excluding hydrogens is 250 g/mol. The molecule has 0 amide bonds. The van der Waals surface area contributed by atoms with Crippen LogP contribution in [0.2, 0.25) is 0 Å². The second-order valence-corrected chi connectivity index (χ2v) is 4.12. The van der Waals surface area contributed by atoms with Crippen LogP contribution in [0.4, 0.5) is 8.78 Å². The van der Waals surface area contributed by atoms with E-state index in [1.165, 1.54) is 0 Å². The summed E-state index contributed by atoms with van der Waals surface area (Å²) in [6.45, 7) is 0.389. The van der Waals surface area contributed by atoms with Crippen LogP contribution < -0.4 is 10.5 Å². The largest absolute Gasteiger partial charge is 0.496 e. The molecule has 1 aromatic carbocycles. The van der Waals surface area contributed by atoms with Gasteiger partial charge in [0, 0.05) is 17.7 Å².